The molecule has 4 fully saturated rings. The predicted molar refractivity (Wildman–Crippen MR) is 126 cm³/mol. The van der Waals surface area contributed by atoms with Gasteiger partial charge < -0.3 is 30.6 Å². The average Bonchev–Trinajstić information content (AvgIpc) is 2.98. The van der Waals surface area contributed by atoms with Gasteiger partial charge in [-0.25, -0.2) is 0 Å². The first kappa shape index (κ1) is 25.8. The fourth-order valence-corrected chi connectivity index (χ4v) is 9.19. The van der Waals surface area contributed by atoms with E-state index in [1.54, 1.807) is 20.8 Å². The molecule has 0 aromatic heterocycles. The van der Waals surface area contributed by atoms with Crippen molar-refractivity contribution in [1.29, 1.82) is 0 Å². The van der Waals surface area contributed by atoms with Gasteiger partial charge in [-0.2, -0.15) is 0 Å². The van der Waals surface area contributed by atoms with Crippen molar-refractivity contribution in [3.05, 3.63) is 0 Å². The lowest BCUT2D eigenvalue weighted by atomic mass is 9.42. The summed E-state index contributed by atoms with van der Waals surface area (Å²) in [5.74, 6) is 0.542. The molecule has 0 aromatic rings. The van der Waals surface area contributed by atoms with Crippen LogP contribution in [0, 0.1) is 34.5 Å². The van der Waals surface area contributed by atoms with Crippen molar-refractivity contribution in [3.8, 4) is 0 Å². The molecule has 0 aromatic carbocycles. The molecule has 0 heterocycles. The lowest BCUT2D eigenvalue weighted by molar-refractivity contribution is -0.237. The molecular formula is C27H48O6. The van der Waals surface area contributed by atoms with Crippen LogP contribution >= 0.6 is 0 Å². The van der Waals surface area contributed by atoms with Gasteiger partial charge in [0, 0.05) is 5.41 Å². The lowest BCUT2D eigenvalue weighted by Crippen LogP contribution is -2.65. The van der Waals surface area contributed by atoms with Crippen molar-refractivity contribution < 1.29 is 30.6 Å². The van der Waals surface area contributed by atoms with Gasteiger partial charge in [-0.1, -0.05) is 13.8 Å². The van der Waals surface area contributed by atoms with Crippen molar-refractivity contribution in [3.63, 3.8) is 0 Å². The van der Waals surface area contributed by atoms with E-state index in [0.717, 1.165) is 25.7 Å². The predicted octanol–water partition coefficient (Wildman–Crippen LogP) is 2.75. The van der Waals surface area contributed by atoms with E-state index < -0.39 is 40.5 Å². The van der Waals surface area contributed by atoms with Gasteiger partial charge >= 0.3 is 0 Å². The normalized spacial score (nSPS) is 50.6. The van der Waals surface area contributed by atoms with Crippen molar-refractivity contribution in [2.45, 2.75) is 134 Å². The molecule has 192 valence electrons. The highest BCUT2D eigenvalue weighted by Crippen LogP contribution is 2.70. The summed E-state index contributed by atoms with van der Waals surface area (Å²) in [5, 5.41) is 65.8. The minimum Gasteiger partial charge on any atom is -0.390 e. The topological polar surface area (TPSA) is 121 Å². The van der Waals surface area contributed by atoms with Gasteiger partial charge in [-0.15, -0.1) is 0 Å². The minimum atomic E-state index is -1.34. The van der Waals surface area contributed by atoms with Crippen LogP contribution in [0.15, 0.2) is 0 Å². The maximum Gasteiger partial charge on any atom is 0.0911 e. The molecule has 0 aliphatic heterocycles. The molecule has 0 spiro atoms. The lowest BCUT2D eigenvalue weighted by Gasteiger charge is -2.64. The number of aliphatic hydroxyl groups is 6. The van der Waals surface area contributed by atoms with Crippen LogP contribution in [0.25, 0.3) is 0 Å². The van der Waals surface area contributed by atoms with Crippen LogP contribution in [0.5, 0.6) is 0 Å². The first-order valence-corrected chi connectivity index (χ1v) is 13.3. The largest absolute Gasteiger partial charge is 0.390 e. The fourth-order valence-electron chi connectivity index (χ4n) is 9.19. The van der Waals surface area contributed by atoms with Crippen LogP contribution < -0.4 is 0 Å². The summed E-state index contributed by atoms with van der Waals surface area (Å²) in [6, 6.07) is 0. The highest BCUT2D eigenvalue weighted by molar-refractivity contribution is 5.19. The van der Waals surface area contributed by atoms with Crippen LogP contribution in [0.1, 0.15) is 98.8 Å². The van der Waals surface area contributed by atoms with Crippen LogP contribution in [-0.2, 0) is 0 Å². The number of aliphatic hydroxyl groups excluding tert-OH is 3. The second kappa shape index (κ2) is 8.14. The number of hydrogen-bond acceptors (Lipinski definition) is 6. The summed E-state index contributed by atoms with van der Waals surface area (Å²) in [4.78, 5) is 0. The monoisotopic (exact) mass is 468 g/mol. The second-order valence-corrected chi connectivity index (χ2v) is 13.6. The van der Waals surface area contributed by atoms with Gasteiger partial charge in [0.2, 0.25) is 0 Å². The second-order valence-electron chi connectivity index (χ2n) is 13.6. The third-order valence-electron chi connectivity index (χ3n) is 11.3. The van der Waals surface area contributed by atoms with Crippen molar-refractivity contribution in [1.82, 2.24) is 0 Å². The van der Waals surface area contributed by atoms with E-state index >= 15 is 0 Å². The van der Waals surface area contributed by atoms with Gasteiger partial charge in [0.15, 0.2) is 0 Å². The van der Waals surface area contributed by atoms with Crippen LogP contribution in [0.2, 0.25) is 0 Å². The third kappa shape index (κ3) is 3.92. The Bertz CT molecular complexity index is 733. The van der Waals surface area contributed by atoms with Gasteiger partial charge in [-0.3, -0.25) is 0 Å². The minimum absolute atomic E-state index is 0.0918. The Morgan fingerprint density at radius 3 is 2.21 bits per heavy atom. The van der Waals surface area contributed by atoms with E-state index in [9.17, 15) is 30.6 Å². The summed E-state index contributed by atoms with van der Waals surface area (Å²) < 4.78 is 0. The molecule has 11 atom stereocenters. The molecular weight excluding hydrogens is 420 g/mol. The maximum atomic E-state index is 12.3. The van der Waals surface area contributed by atoms with E-state index in [0.29, 0.717) is 50.4 Å². The molecule has 6 N–H and O–H groups in total. The summed E-state index contributed by atoms with van der Waals surface area (Å²) >= 11 is 0. The molecule has 11 unspecified atom stereocenters. The average molecular weight is 469 g/mol. The highest BCUT2D eigenvalue weighted by Gasteiger charge is 2.70. The summed E-state index contributed by atoms with van der Waals surface area (Å²) in [6.45, 7) is 9.52. The first-order valence-electron chi connectivity index (χ1n) is 13.3. The van der Waals surface area contributed by atoms with Crippen LogP contribution in [0.3, 0.4) is 0 Å². The summed E-state index contributed by atoms with van der Waals surface area (Å²) in [5.41, 5.74) is -3.74. The van der Waals surface area contributed by atoms with Crippen LogP contribution in [0.4, 0.5) is 0 Å². The Balaban J connectivity index is 1.58. The Morgan fingerprint density at radius 1 is 0.909 bits per heavy atom. The Hall–Kier alpha value is -0.240. The SMILES string of the molecule is CC(C)(O)CCC(O)C(C)(O)C1CCC2(O)C3CCC4CC(O)C(O)CC4(C)C3CCC12C. The molecule has 4 saturated carbocycles. The molecule has 0 bridgehead atoms. The molecule has 4 aliphatic rings. The van der Waals surface area contributed by atoms with Gasteiger partial charge in [0.05, 0.1) is 35.1 Å². The van der Waals surface area contributed by atoms with Gasteiger partial charge in [-0.05, 0) is 114 Å². The molecule has 0 radical (unpaired) electrons. The number of hydrogen-bond donors (Lipinski definition) is 6. The number of rotatable bonds is 5. The smallest absolute Gasteiger partial charge is 0.0911 e. The fraction of sp³-hybridized carbons (Fsp3) is 1.00. The Morgan fingerprint density at radius 2 is 1.58 bits per heavy atom. The van der Waals surface area contributed by atoms with Gasteiger partial charge in [0.1, 0.15) is 0 Å². The number of fused-ring (bicyclic) bond motifs is 5. The Kier molecular flexibility index (Phi) is 6.37. The molecule has 4 rings (SSSR count). The Labute approximate surface area is 199 Å². The zero-order valence-corrected chi connectivity index (χ0v) is 21.3. The van der Waals surface area contributed by atoms with E-state index in [1.165, 1.54) is 0 Å². The zero-order chi connectivity index (χ0) is 24.6. The molecule has 33 heavy (non-hydrogen) atoms. The molecule has 6 heteroatoms. The zero-order valence-electron chi connectivity index (χ0n) is 21.3. The molecule has 6 nitrogen and oxygen atoms in total. The highest BCUT2D eigenvalue weighted by atomic mass is 16.3. The van der Waals surface area contributed by atoms with Crippen molar-refractivity contribution >= 4 is 0 Å². The molecule has 0 amide bonds. The third-order valence-corrected chi connectivity index (χ3v) is 11.3. The maximum absolute atomic E-state index is 12.3. The first-order chi connectivity index (χ1) is 15.1. The van der Waals surface area contributed by atoms with E-state index in [2.05, 4.69) is 13.8 Å². The van der Waals surface area contributed by atoms with Gasteiger partial charge in [0.25, 0.3) is 0 Å². The van der Waals surface area contributed by atoms with E-state index in [4.69, 9.17) is 0 Å². The van der Waals surface area contributed by atoms with Crippen molar-refractivity contribution in [2.75, 3.05) is 0 Å². The van der Waals surface area contributed by atoms with Crippen molar-refractivity contribution in [2.24, 2.45) is 34.5 Å². The quantitative estimate of drug-likeness (QED) is 0.369. The van der Waals surface area contributed by atoms with E-state index in [1.807, 2.05) is 0 Å². The standard InChI is InChI=1S/C27H48O6/c1-23(2,31)11-10-22(30)26(5,32)21-9-13-27(33)18-7-6-16-14-19(28)20(29)15-24(16,3)17(18)8-12-25(21,27)4/h16-22,28-33H,6-15H2,1-5H3. The molecule has 0 saturated heterocycles. The van der Waals surface area contributed by atoms with Crippen LogP contribution in [-0.4, -0.2) is 65.8 Å². The summed E-state index contributed by atoms with van der Waals surface area (Å²) in [6.07, 6.45) is 4.51. The summed E-state index contributed by atoms with van der Waals surface area (Å²) in [7, 11) is 0. The van der Waals surface area contributed by atoms with E-state index in [-0.39, 0.29) is 17.3 Å². The molecule has 4 aliphatic carbocycles.